The van der Waals surface area contributed by atoms with Crippen molar-refractivity contribution in [1.82, 2.24) is 14.4 Å². The molecule has 1 fully saturated rings. The van der Waals surface area contributed by atoms with E-state index in [1.807, 2.05) is 0 Å². The molecule has 1 amide bonds. The zero-order valence-electron chi connectivity index (χ0n) is 18.2. The molecule has 1 saturated heterocycles. The average Bonchev–Trinajstić information content (AvgIpc) is 3.28. The fraction of sp³-hybridized carbons (Fsp3) is 0.348. The number of piperidine rings is 1. The molecule has 0 radical (unpaired) electrons. The van der Waals surface area contributed by atoms with Crippen LogP contribution in [0.5, 0.6) is 0 Å². The number of sulfonamides is 1. The third kappa shape index (κ3) is 5.79. The quantitative estimate of drug-likeness (QED) is 0.529. The lowest BCUT2D eigenvalue weighted by molar-refractivity contribution is -0.116. The first-order chi connectivity index (χ1) is 15.8. The summed E-state index contributed by atoms with van der Waals surface area (Å²) in [4.78, 5) is 16.9. The first kappa shape index (κ1) is 23.4. The maximum absolute atomic E-state index is 12.8. The molecular weight excluding hydrogens is 464 g/mol. The van der Waals surface area contributed by atoms with Crippen molar-refractivity contribution < 1.29 is 17.7 Å². The van der Waals surface area contributed by atoms with Crippen LogP contribution >= 0.6 is 11.6 Å². The van der Waals surface area contributed by atoms with E-state index in [0.717, 1.165) is 18.4 Å². The zero-order valence-corrected chi connectivity index (χ0v) is 19.8. The van der Waals surface area contributed by atoms with Gasteiger partial charge in [-0.1, -0.05) is 23.7 Å². The number of hydrogen-bond acceptors (Lipinski definition) is 6. The largest absolute Gasteiger partial charge is 0.339 e. The average molecular weight is 489 g/mol. The standard InChI is InChI=1S/C23H25ClN4O4S/c1-16-12-14-28(15-13-16)33(30,31)20-8-6-19(7-9-20)25-21(29)10-11-22-26-23(27-32-22)17-2-4-18(24)5-3-17/h2-9,16H,10-15H2,1H3,(H,25,29). The molecule has 1 N–H and O–H groups in total. The molecule has 3 aromatic rings. The number of anilines is 1. The molecule has 0 unspecified atom stereocenters. The summed E-state index contributed by atoms with van der Waals surface area (Å²) in [5.41, 5.74) is 1.30. The number of hydrogen-bond donors (Lipinski definition) is 1. The second-order valence-electron chi connectivity index (χ2n) is 8.18. The molecule has 174 valence electrons. The lowest BCUT2D eigenvalue weighted by atomic mass is 10.0. The van der Waals surface area contributed by atoms with E-state index in [1.54, 1.807) is 36.4 Å². The van der Waals surface area contributed by atoms with Gasteiger partial charge < -0.3 is 9.84 Å². The van der Waals surface area contributed by atoms with Crippen LogP contribution in [0.15, 0.2) is 57.9 Å². The minimum absolute atomic E-state index is 0.147. The van der Waals surface area contributed by atoms with Gasteiger partial charge in [0, 0.05) is 42.2 Å². The van der Waals surface area contributed by atoms with Crippen LogP contribution < -0.4 is 5.32 Å². The SMILES string of the molecule is CC1CCN(S(=O)(=O)c2ccc(NC(=O)CCc3nc(-c4ccc(Cl)cc4)no3)cc2)CC1. The fourth-order valence-corrected chi connectivity index (χ4v) is 5.20. The number of aryl methyl sites for hydroxylation is 1. The molecule has 0 aliphatic carbocycles. The molecule has 0 spiro atoms. The van der Waals surface area contributed by atoms with Crippen LogP contribution in [-0.4, -0.2) is 41.9 Å². The maximum atomic E-state index is 12.8. The molecule has 1 aliphatic heterocycles. The van der Waals surface area contributed by atoms with Crippen LogP contribution in [0.3, 0.4) is 0 Å². The van der Waals surface area contributed by atoms with Gasteiger partial charge in [-0.2, -0.15) is 9.29 Å². The predicted molar refractivity (Wildman–Crippen MR) is 125 cm³/mol. The first-order valence-corrected chi connectivity index (χ1v) is 12.6. The Morgan fingerprint density at radius 1 is 1.12 bits per heavy atom. The summed E-state index contributed by atoms with van der Waals surface area (Å²) in [5.74, 6) is 1.10. The monoisotopic (exact) mass is 488 g/mol. The van der Waals surface area contributed by atoms with E-state index in [2.05, 4.69) is 22.4 Å². The number of carbonyl (C=O) groups excluding carboxylic acids is 1. The lowest BCUT2D eigenvalue weighted by Gasteiger charge is -2.29. The minimum Gasteiger partial charge on any atom is -0.339 e. The number of aromatic nitrogens is 2. The van der Waals surface area contributed by atoms with Crippen molar-refractivity contribution in [3.63, 3.8) is 0 Å². The Kier molecular flexibility index (Phi) is 7.11. The molecule has 10 heteroatoms. The Balaban J connectivity index is 1.31. The van der Waals surface area contributed by atoms with E-state index in [9.17, 15) is 13.2 Å². The Hall–Kier alpha value is -2.75. The van der Waals surface area contributed by atoms with Crippen molar-refractivity contribution in [3.05, 3.63) is 59.4 Å². The Labute approximate surface area is 198 Å². The molecule has 0 atom stereocenters. The van der Waals surface area contributed by atoms with Gasteiger partial charge in [0.15, 0.2) is 0 Å². The Bertz CT molecular complexity index is 1200. The number of benzene rings is 2. The topological polar surface area (TPSA) is 105 Å². The predicted octanol–water partition coefficient (Wildman–Crippen LogP) is 4.38. The van der Waals surface area contributed by atoms with Gasteiger partial charge in [-0.25, -0.2) is 8.42 Å². The second kappa shape index (κ2) is 10.0. The Morgan fingerprint density at radius 3 is 2.45 bits per heavy atom. The highest BCUT2D eigenvalue weighted by molar-refractivity contribution is 7.89. The molecule has 1 aliphatic rings. The Morgan fingerprint density at radius 2 is 1.79 bits per heavy atom. The van der Waals surface area contributed by atoms with Crippen molar-refractivity contribution in [2.45, 2.75) is 37.5 Å². The summed E-state index contributed by atoms with van der Waals surface area (Å²) in [6, 6.07) is 13.3. The summed E-state index contributed by atoms with van der Waals surface area (Å²) in [6.07, 6.45) is 2.17. The smallest absolute Gasteiger partial charge is 0.243 e. The van der Waals surface area contributed by atoms with Crippen LogP contribution in [0, 0.1) is 5.92 Å². The number of nitrogens with one attached hydrogen (secondary N) is 1. The number of halogens is 1. The number of rotatable bonds is 7. The molecule has 4 rings (SSSR count). The second-order valence-corrected chi connectivity index (χ2v) is 10.6. The summed E-state index contributed by atoms with van der Waals surface area (Å²) in [6.45, 7) is 3.22. The van der Waals surface area contributed by atoms with Crippen molar-refractivity contribution in [1.29, 1.82) is 0 Å². The molecule has 2 aromatic carbocycles. The van der Waals surface area contributed by atoms with Gasteiger partial charge in [-0.3, -0.25) is 4.79 Å². The summed E-state index contributed by atoms with van der Waals surface area (Å²) in [7, 11) is -3.51. The van der Waals surface area contributed by atoms with E-state index in [-0.39, 0.29) is 23.6 Å². The fourth-order valence-electron chi connectivity index (χ4n) is 3.60. The van der Waals surface area contributed by atoms with Gasteiger partial charge in [0.05, 0.1) is 4.90 Å². The van der Waals surface area contributed by atoms with E-state index in [0.29, 0.717) is 41.4 Å². The summed E-state index contributed by atoms with van der Waals surface area (Å²) in [5, 5.41) is 7.32. The van der Waals surface area contributed by atoms with Gasteiger partial charge in [-0.05, 0) is 67.3 Å². The third-order valence-corrected chi connectivity index (χ3v) is 7.82. The number of amides is 1. The number of carbonyl (C=O) groups is 1. The van der Waals surface area contributed by atoms with Crippen LogP contribution in [0.2, 0.25) is 5.02 Å². The number of nitrogens with zero attached hydrogens (tertiary/aromatic N) is 3. The third-order valence-electron chi connectivity index (χ3n) is 5.65. The zero-order chi connectivity index (χ0) is 23.4. The van der Waals surface area contributed by atoms with Crippen molar-refractivity contribution in [2.24, 2.45) is 5.92 Å². The van der Waals surface area contributed by atoms with E-state index in [1.165, 1.54) is 16.4 Å². The van der Waals surface area contributed by atoms with Crippen LogP contribution in [0.4, 0.5) is 5.69 Å². The van der Waals surface area contributed by atoms with E-state index >= 15 is 0 Å². The van der Waals surface area contributed by atoms with Gasteiger partial charge in [0.1, 0.15) is 0 Å². The molecular formula is C23H25ClN4O4S. The van der Waals surface area contributed by atoms with Crippen molar-refractivity contribution >= 4 is 33.2 Å². The highest BCUT2D eigenvalue weighted by Gasteiger charge is 2.27. The molecule has 1 aromatic heterocycles. The van der Waals surface area contributed by atoms with Crippen LogP contribution in [0.1, 0.15) is 32.1 Å². The maximum Gasteiger partial charge on any atom is 0.243 e. The summed E-state index contributed by atoms with van der Waals surface area (Å²) < 4.78 is 32.4. The van der Waals surface area contributed by atoms with Crippen LogP contribution in [0.25, 0.3) is 11.4 Å². The highest BCUT2D eigenvalue weighted by Crippen LogP contribution is 2.24. The molecule has 8 nitrogen and oxygen atoms in total. The first-order valence-electron chi connectivity index (χ1n) is 10.8. The van der Waals surface area contributed by atoms with Crippen LogP contribution in [-0.2, 0) is 21.2 Å². The van der Waals surface area contributed by atoms with E-state index in [4.69, 9.17) is 16.1 Å². The minimum atomic E-state index is -3.51. The highest BCUT2D eigenvalue weighted by atomic mass is 35.5. The van der Waals surface area contributed by atoms with Gasteiger partial charge >= 0.3 is 0 Å². The van der Waals surface area contributed by atoms with Crippen molar-refractivity contribution in [2.75, 3.05) is 18.4 Å². The van der Waals surface area contributed by atoms with E-state index < -0.39 is 10.0 Å². The van der Waals surface area contributed by atoms with Crippen molar-refractivity contribution in [3.8, 4) is 11.4 Å². The lowest BCUT2D eigenvalue weighted by Crippen LogP contribution is -2.37. The van der Waals surface area contributed by atoms with Gasteiger partial charge in [-0.15, -0.1) is 0 Å². The molecule has 0 bridgehead atoms. The normalized spacial score (nSPS) is 15.5. The molecule has 33 heavy (non-hydrogen) atoms. The molecule has 0 saturated carbocycles. The summed E-state index contributed by atoms with van der Waals surface area (Å²) >= 11 is 5.89. The van der Waals surface area contributed by atoms with Gasteiger partial charge in [0.2, 0.25) is 27.6 Å². The molecule has 2 heterocycles. The van der Waals surface area contributed by atoms with Gasteiger partial charge in [0.25, 0.3) is 0 Å².